The van der Waals surface area contributed by atoms with Crippen LogP contribution in [0.4, 0.5) is 0 Å². The molecule has 14 heteroatoms. The minimum absolute atomic E-state index is 0.00526. The van der Waals surface area contributed by atoms with Crippen molar-refractivity contribution in [3.05, 3.63) is 60.4 Å². The van der Waals surface area contributed by atoms with Crippen LogP contribution in [0.15, 0.2) is 65.5 Å². The molecule has 2 bridgehead atoms. The Kier molecular flexibility index (Phi) is 21.9. The van der Waals surface area contributed by atoms with Gasteiger partial charge in [0.1, 0.15) is 24.1 Å². The van der Waals surface area contributed by atoms with Crippen LogP contribution in [-0.4, -0.2) is 133 Å². The van der Waals surface area contributed by atoms with Crippen LogP contribution < -0.4 is 0 Å². The van der Waals surface area contributed by atoms with Crippen LogP contribution >= 0.6 is 0 Å². The molecule has 3 fully saturated rings. The average Bonchev–Trinajstić information content (AvgIpc) is 3.63. The first kappa shape index (κ1) is 56.7. The molecule has 2 saturated heterocycles. The molecule has 0 radical (unpaired) electrons. The maximum atomic E-state index is 14.7. The van der Waals surface area contributed by atoms with Crippen LogP contribution in [0.1, 0.15) is 126 Å². The molecule has 2 unspecified atom stereocenters. The van der Waals surface area contributed by atoms with Crippen LogP contribution in [0.3, 0.4) is 0 Å². The summed E-state index contributed by atoms with van der Waals surface area (Å²) in [5.74, 6) is -6.58. The van der Waals surface area contributed by atoms with Crippen LogP contribution in [-0.2, 0) is 47.7 Å². The smallest absolute Gasteiger partial charge is 0.296 e. The zero-order valence-electron chi connectivity index (χ0n) is 42.9. The van der Waals surface area contributed by atoms with Crippen LogP contribution in [0, 0.1) is 35.5 Å². The summed E-state index contributed by atoms with van der Waals surface area (Å²) in [6, 6.07) is -0.925. The molecular formula is C54H83N3O11. The van der Waals surface area contributed by atoms with Gasteiger partial charge in [-0.05, 0) is 107 Å². The van der Waals surface area contributed by atoms with Crippen molar-refractivity contribution >= 4 is 35.8 Å². The second-order valence-electron chi connectivity index (χ2n) is 20.3. The molecule has 1 saturated carbocycles. The molecule has 0 aromatic carbocycles. The van der Waals surface area contributed by atoms with Gasteiger partial charge in [0.15, 0.2) is 11.6 Å². The van der Waals surface area contributed by atoms with Crippen molar-refractivity contribution in [1.82, 2.24) is 9.91 Å². The van der Waals surface area contributed by atoms with Crippen molar-refractivity contribution in [2.24, 2.45) is 40.6 Å². The van der Waals surface area contributed by atoms with Gasteiger partial charge in [0.2, 0.25) is 5.79 Å². The third-order valence-electron chi connectivity index (χ3n) is 15.0. The Bertz CT molecular complexity index is 1880. The lowest BCUT2D eigenvalue weighted by Crippen LogP contribution is -2.58. The van der Waals surface area contributed by atoms with Crippen molar-refractivity contribution in [2.75, 3.05) is 27.9 Å². The lowest BCUT2D eigenvalue weighted by atomic mass is 9.73. The van der Waals surface area contributed by atoms with Gasteiger partial charge in [-0.2, -0.15) is 5.10 Å². The normalized spacial score (nSPS) is 37.7. The number of hydrazone groups is 1. The summed E-state index contributed by atoms with van der Waals surface area (Å²) < 4.78 is 30.0. The van der Waals surface area contributed by atoms with Crippen LogP contribution in [0.25, 0.3) is 0 Å². The Morgan fingerprint density at radius 1 is 0.912 bits per heavy atom. The Morgan fingerprint density at radius 2 is 1.62 bits per heavy atom. The maximum Gasteiger partial charge on any atom is 0.296 e. The molecule has 14 nitrogen and oxygen atoms in total. The number of amides is 1. The molecule has 380 valence electrons. The molecule has 0 aromatic heterocycles. The van der Waals surface area contributed by atoms with Gasteiger partial charge in [0.05, 0.1) is 30.4 Å². The van der Waals surface area contributed by atoms with E-state index in [9.17, 15) is 29.1 Å². The molecule has 4 rings (SSSR count). The number of hydrogen-bond acceptors (Lipinski definition) is 13. The molecule has 14 atom stereocenters. The number of Topliss-reactive ketones (excluding diaryl/α,β-unsaturated/α-hetero) is 4. The van der Waals surface area contributed by atoms with Crippen molar-refractivity contribution in [1.29, 1.82) is 0 Å². The molecule has 68 heavy (non-hydrogen) atoms. The summed E-state index contributed by atoms with van der Waals surface area (Å²) in [7, 11) is 4.76. The number of fused-ring (bicyclic) bond motifs is 3. The number of allylic oxidation sites excluding steroid dienone is 6. The topological polar surface area (TPSA) is 171 Å². The zero-order chi connectivity index (χ0) is 50.5. The molecule has 3 aliphatic heterocycles. The zero-order valence-corrected chi connectivity index (χ0v) is 42.9. The molecule has 0 spiro atoms. The molecular weight excluding hydrogens is 867 g/mol. The monoisotopic (exact) mass is 950 g/mol. The van der Waals surface area contributed by atoms with Gasteiger partial charge in [0.25, 0.3) is 11.7 Å². The maximum absolute atomic E-state index is 14.7. The van der Waals surface area contributed by atoms with Gasteiger partial charge in [-0.3, -0.25) is 29.0 Å². The van der Waals surface area contributed by atoms with E-state index in [1.54, 1.807) is 46.2 Å². The van der Waals surface area contributed by atoms with Gasteiger partial charge in [-0.25, -0.2) is 0 Å². The van der Waals surface area contributed by atoms with E-state index in [4.69, 9.17) is 23.7 Å². The largest absolute Gasteiger partial charge is 0.379 e. The first-order valence-corrected chi connectivity index (χ1v) is 24.9. The van der Waals surface area contributed by atoms with Gasteiger partial charge in [-0.15, -0.1) is 0 Å². The highest BCUT2D eigenvalue weighted by Gasteiger charge is 2.50. The van der Waals surface area contributed by atoms with E-state index in [1.165, 1.54) is 12.0 Å². The molecule has 1 aliphatic carbocycles. The number of nitrogens with zero attached hydrogens (tertiary/aromatic N) is 3. The highest BCUT2D eigenvalue weighted by molar-refractivity contribution is 6.39. The summed E-state index contributed by atoms with van der Waals surface area (Å²) in [6.07, 6.45) is 15.3. The highest BCUT2D eigenvalue weighted by Crippen LogP contribution is 2.38. The van der Waals surface area contributed by atoms with Crippen LogP contribution in [0.2, 0.25) is 0 Å². The Balaban J connectivity index is 1.72. The van der Waals surface area contributed by atoms with Crippen LogP contribution in [0.5, 0.6) is 0 Å². The molecule has 1 amide bonds. The standard InChI is InChI=1S/C54H83N3O11/c1-14-57(55-10)43-24-23-40(30-47(43)65-12)28-36(6)41-31-44(58)37(7)27-38(8)50-51(66-13)49(60)48(67-50)26-34(4)20-16-15-17-21-35(5)46(64-11)29-39(9)68-54(63,33(2)3)52(61)53(62)56-25-19-18-22-42(56)45(59)32-41/h14-17,20-21,27,33-34,36-37,39-43,46-48,50-51,63H,1,10,18-19,22-26,28-32H2,2-9,11-13H3/b17-15+,20-16+,35-21+,38-27+/t34-,36-,37-,39+,40+,41-,42+,43+,46+,47-,48?,50-,51?,54-/m1/s1. The van der Waals surface area contributed by atoms with Gasteiger partial charge in [0, 0.05) is 71.9 Å². The fourth-order valence-electron chi connectivity index (χ4n) is 10.7. The number of carbonyl (C=O) groups excluding carboxylic acids is 5. The second-order valence-corrected chi connectivity index (χ2v) is 20.3. The van der Waals surface area contributed by atoms with Crippen molar-refractivity contribution in [3.8, 4) is 0 Å². The third-order valence-corrected chi connectivity index (χ3v) is 15.0. The molecule has 1 N–H and O–H groups in total. The second kappa shape index (κ2) is 26.3. The predicted molar refractivity (Wildman–Crippen MR) is 263 cm³/mol. The third kappa shape index (κ3) is 14.3. The summed E-state index contributed by atoms with van der Waals surface area (Å²) in [6.45, 7) is 22.4. The van der Waals surface area contributed by atoms with Crippen molar-refractivity contribution in [2.45, 2.75) is 181 Å². The number of hydrogen-bond donors (Lipinski definition) is 1. The summed E-state index contributed by atoms with van der Waals surface area (Å²) >= 11 is 0. The van der Waals surface area contributed by atoms with E-state index in [1.807, 2.05) is 64.2 Å². The van der Waals surface area contributed by atoms with Gasteiger partial charge >= 0.3 is 0 Å². The Labute approximate surface area is 406 Å². The number of aliphatic hydroxyl groups is 1. The van der Waals surface area contributed by atoms with E-state index in [0.717, 1.165) is 36.8 Å². The predicted octanol–water partition coefficient (Wildman–Crippen LogP) is 7.93. The number of ketones is 4. The molecule has 0 aromatic rings. The quantitative estimate of drug-likeness (QED) is 0.0973. The van der Waals surface area contributed by atoms with E-state index in [-0.39, 0.29) is 73.1 Å². The number of rotatable bonds is 10. The molecule has 3 heterocycles. The lowest BCUT2D eigenvalue weighted by Gasteiger charge is -2.40. The van der Waals surface area contributed by atoms with E-state index >= 15 is 0 Å². The number of ether oxygens (including phenoxy) is 5. The molecule has 4 aliphatic rings. The van der Waals surface area contributed by atoms with E-state index in [2.05, 4.69) is 25.3 Å². The number of piperidine rings is 1. The first-order valence-electron chi connectivity index (χ1n) is 24.9. The Morgan fingerprint density at radius 3 is 2.25 bits per heavy atom. The van der Waals surface area contributed by atoms with Crippen molar-refractivity contribution in [3.63, 3.8) is 0 Å². The fraction of sp³-hybridized carbons (Fsp3) is 0.704. The van der Waals surface area contributed by atoms with Gasteiger partial charge < -0.3 is 33.7 Å². The van der Waals surface area contributed by atoms with E-state index < -0.39 is 71.8 Å². The lowest BCUT2D eigenvalue weighted by molar-refractivity contribution is -0.242. The minimum Gasteiger partial charge on any atom is -0.379 e. The summed E-state index contributed by atoms with van der Waals surface area (Å²) in [5, 5.41) is 17.8. The average molecular weight is 950 g/mol. The van der Waals surface area contributed by atoms with Gasteiger partial charge in [-0.1, -0.05) is 77.7 Å². The minimum atomic E-state index is -2.46. The highest BCUT2D eigenvalue weighted by atomic mass is 16.6. The SMILES string of the molecule is C=CN(N=C)[C@H]1CC[C@@H](C[C@@H](C)[C@@H]2CC(=O)[C@H](C)/C=C(\C)[C@H]3OC(C[C@H](C)/C=C/C=C/C=C(\C)[C@@H](OC)C[C@H](C)O[C@](O)(C(C)C)C(=O)C(=O)N4CCCC[C@H]4C(=O)C2)C(=O)C3OC)C[C@H]1OC. The summed E-state index contributed by atoms with van der Waals surface area (Å²) in [4.78, 5) is 72.7. The first-order chi connectivity index (χ1) is 32.2. The van der Waals surface area contributed by atoms with Crippen molar-refractivity contribution < 1.29 is 52.8 Å². The Hall–Kier alpha value is -3.92. The number of methoxy groups -OCH3 is 3. The number of carbonyl (C=O) groups is 5. The van der Waals surface area contributed by atoms with E-state index in [0.29, 0.717) is 25.7 Å². The fourth-order valence-corrected chi connectivity index (χ4v) is 10.7. The summed E-state index contributed by atoms with van der Waals surface area (Å²) in [5.41, 5.74) is 1.59.